The van der Waals surface area contributed by atoms with Gasteiger partial charge < -0.3 is 19.6 Å². The zero-order valence-corrected chi connectivity index (χ0v) is 21.3. The summed E-state index contributed by atoms with van der Waals surface area (Å²) in [5.74, 6) is -0.186. The molecule has 6 rings (SSSR count). The number of nitrogens with zero attached hydrogens (tertiary/aromatic N) is 5. The van der Waals surface area contributed by atoms with Crippen molar-refractivity contribution in [2.24, 2.45) is 7.05 Å². The normalized spacial score (nSPS) is 11.8. The summed E-state index contributed by atoms with van der Waals surface area (Å²) in [6, 6.07) is 19.7. The number of aryl methyl sites for hydroxylation is 1. The molecule has 0 aliphatic rings. The number of pyridine rings is 3. The molecule has 0 saturated heterocycles. The molecule has 0 aliphatic heterocycles. The molecule has 38 heavy (non-hydrogen) atoms. The van der Waals surface area contributed by atoms with Gasteiger partial charge in [0.2, 0.25) is 11.8 Å². The van der Waals surface area contributed by atoms with Gasteiger partial charge in [0.15, 0.2) is 0 Å². The number of rotatable bonds is 5. The third-order valence-electron chi connectivity index (χ3n) is 7.11. The minimum Gasteiger partial charge on any atom is -0.492 e. The maximum absolute atomic E-state index is 12.2. The molecular weight excluding hydrogens is 476 g/mol. The molecule has 0 saturated carbocycles. The molecule has 1 amide bonds. The van der Waals surface area contributed by atoms with Crippen LogP contribution in [0.15, 0.2) is 91.6 Å². The van der Waals surface area contributed by atoms with Crippen LogP contribution in [0.2, 0.25) is 0 Å². The van der Waals surface area contributed by atoms with E-state index in [0.29, 0.717) is 11.2 Å². The summed E-state index contributed by atoms with van der Waals surface area (Å²) in [6.45, 7) is 3.60. The van der Waals surface area contributed by atoms with E-state index in [1.54, 1.807) is 18.6 Å². The molecule has 188 valence electrons. The molecule has 0 unspecified atom stereocenters. The maximum Gasteiger partial charge on any atom is 0.236 e. The Kier molecular flexibility index (Phi) is 5.45. The largest absolute Gasteiger partial charge is 0.492 e. The zero-order chi connectivity index (χ0) is 26.4. The number of carbonyl (C=O) groups is 1. The number of benzene rings is 1. The summed E-state index contributed by atoms with van der Waals surface area (Å²) in [4.78, 5) is 25.7. The lowest BCUT2D eigenvalue weighted by Crippen LogP contribution is -2.34. The second-order valence-corrected chi connectivity index (χ2v) is 9.51. The van der Waals surface area contributed by atoms with E-state index in [1.807, 2.05) is 78.6 Å². The van der Waals surface area contributed by atoms with Gasteiger partial charge in [-0.05, 0) is 61.0 Å². The quantitative estimate of drug-likeness (QED) is 0.326. The van der Waals surface area contributed by atoms with Crippen molar-refractivity contribution in [2.45, 2.75) is 19.4 Å². The van der Waals surface area contributed by atoms with Crippen molar-refractivity contribution in [3.63, 3.8) is 0 Å². The molecule has 1 aromatic carbocycles. The number of amides is 1. The lowest BCUT2D eigenvalue weighted by atomic mass is 9.91. The summed E-state index contributed by atoms with van der Waals surface area (Å²) in [5, 5.41) is 15.2. The SMILES string of the molecule is CC(=O)Nc1cc(-c2cn(C)c3c(O)nccc23)cc2c1ccn2C(C)(c1ccccn1)c1ccccn1. The van der Waals surface area contributed by atoms with Gasteiger partial charge in [0, 0.05) is 61.3 Å². The Labute approximate surface area is 219 Å². The maximum atomic E-state index is 12.2. The van der Waals surface area contributed by atoms with Crippen LogP contribution in [-0.2, 0) is 17.4 Å². The lowest BCUT2D eigenvalue weighted by Gasteiger charge is -2.32. The molecule has 8 nitrogen and oxygen atoms in total. The first-order valence-corrected chi connectivity index (χ1v) is 12.3. The first-order valence-electron chi connectivity index (χ1n) is 12.3. The van der Waals surface area contributed by atoms with Gasteiger partial charge in [-0.15, -0.1) is 0 Å². The predicted molar refractivity (Wildman–Crippen MR) is 148 cm³/mol. The third-order valence-corrected chi connectivity index (χ3v) is 7.11. The zero-order valence-electron chi connectivity index (χ0n) is 21.3. The second kappa shape index (κ2) is 8.85. The van der Waals surface area contributed by atoms with Crippen LogP contribution in [0.3, 0.4) is 0 Å². The highest BCUT2D eigenvalue weighted by atomic mass is 16.3. The molecule has 0 fully saturated rings. The molecule has 0 bridgehead atoms. The summed E-state index contributed by atoms with van der Waals surface area (Å²) < 4.78 is 4.02. The number of hydrogen-bond acceptors (Lipinski definition) is 5. The Morgan fingerprint density at radius 2 is 1.63 bits per heavy atom. The summed E-state index contributed by atoms with van der Waals surface area (Å²) in [7, 11) is 1.88. The van der Waals surface area contributed by atoms with Crippen molar-refractivity contribution in [2.75, 3.05) is 5.32 Å². The number of carbonyl (C=O) groups excluding carboxylic acids is 1. The molecule has 6 aromatic rings. The number of hydrogen-bond donors (Lipinski definition) is 2. The highest BCUT2D eigenvalue weighted by Gasteiger charge is 2.35. The Morgan fingerprint density at radius 3 is 2.26 bits per heavy atom. The first kappa shape index (κ1) is 23.4. The summed E-state index contributed by atoms with van der Waals surface area (Å²) in [6.07, 6.45) is 9.15. The van der Waals surface area contributed by atoms with Crippen molar-refractivity contribution < 1.29 is 9.90 Å². The van der Waals surface area contributed by atoms with E-state index in [-0.39, 0.29) is 11.8 Å². The van der Waals surface area contributed by atoms with E-state index in [0.717, 1.165) is 38.8 Å². The third kappa shape index (κ3) is 3.61. The van der Waals surface area contributed by atoms with E-state index < -0.39 is 5.54 Å². The van der Waals surface area contributed by atoms with Gasteiger partial charge in [-0.2, -0.15) is 0 Å². The fraction of sp³-hybridized carbons (Fsp3) is 0.133. The van der Waals surface area contributed by atoms with E-state index >= 15 is 0 Å². The van der Waals surface area contributed by atoms with Crippen LogP contribution >= 0.6 is 0 Å². The van der Waals surface area contributed by atoms with Crippen LogP contribution in [-0.4, -0.2) is 35.1 Å². The van der Waals surface area contributed by atoms with Crippen molar-refractivity contribution >= 4 is 33.4 Å². The summed E-state index contributed by atoms with van der Waals surface area (Å²) >= 11 is 0. The van der Waals surface area contributed by atoms with Crippen LogP contribution in [0.5, 0.6) is 5.88 Å². The number of aromatic hydroxyl groups is 1. The molecular formula is C30H26N6O2. The molecule has 8 heteroatoms. The molecule has 0 atom stereocenters. The minimum atomic E-state index is -0.739. The number of fused-ring (bicyclic) bond motifs is 2. The highest BCUT2D eigenvalue weighted by molar-refractivity contribution is 6.06. The van der Waals surface area contributed by atoms with Gasteiger partial charge in [0.1, 0.15) is 11.1 Å². The average Bonchev–Trinajstić information content (AvgIpc) is 3.51. The fourth-order valence-electron chi connectivity index (χ4n) is 5.33. The van der Waals surface area contributed by atoms with Crippen molar-refractivity contribution in [3.8, 4) is 17.0 Å². The molecule has 2 N–H and O–H groups in total. The van der Waals surface area contributed by atoms with Crippen molar-refractivity contribution in [1.29, 1.82) is 0 Å². The molecule has 5 heterocycles. The van der Waals surface area contributed by atoms with Crippen LogP contribution in [0.25, 0.3) is 32.9 Å². The second-order valence-electron chi connectivity index (χ2n) is 9.51. The fourth-order valence-corrected chi connectivity index (χ4v) is 5.33. The molecule has 0 aliphatic carbocycles. The highest BCUT2D eigenvalue weighted by Crippen LogP contribution is 2.41. The molecule has 0 radical (unpaired) electrons. The van der Waals surface area contributed by atoms with Gasteiger partial charge in [-0.3, -0.25) is 14.8 Å². The van der Waals surface area contributed by atoms with E-state index in [9.17, 15) is 9.90 Å². The Balaban J connectivity index is 1.67. The van der Waals surface area contributed by atoms with Crippen LogP contribution in [0.1, 0.15) is 25.2 Å². The summed E-state index contributed by atoms with van der Waals surface area (Å²) in [5.41, 5.74) is 4.99. The van der Waals surface area contributed by atoms with Gasteiger partial charge in [-0.25, -0.2) is 4.98 Å². The van der Waals surface area contributed by atoms with E-state index in [4.69, 9.17) is 9.97 Å². The Morgan fingerprint density at radius 1 is 0.921 bits per heavy atom. The standard InChI is InChI=1S/C30H26N6O2/c1-19(37)34-24-16-20(23-18-35(3)28-21(23)10-14-33-29(28)38)17-25-22(24)11-15-36(25)30(2,26-8-4-6-12-31-26)27-9-5-7-13-32-27/h4-18H,1-3H3,(H,33,38)(H,34,37). The molecule has 5 aromatic heterocycles. The number of anilines is 1. The Bertz CT molecular complexity index is 1770. The average molecular weight is 503 g/mol. The van der Waals surface area contributed by atoms with Crippen molar-refractivity contribution in [1.82, 2.24) is 24.1 Å². The van der Waals surface area contributed by atoms with Crippen LogP contribution in [0, 0.1) is 0 Å². The van der Waals surface area contributed by atoms with Gasteiger partial charge in [0.05, 0.1) is 22.6 Å². The monoisotopic (exact) mass is 502 g/mol. The van der Waals surface area contributed by atoms with Crippen LogP contribution in [0.4, 0.5) is 5.69 Å². The van der Waals surface area contributed by atoms with Gasteiger partial charge in [-0.1, -0.05) is 12.1 Å². The first-order chi connectivity index (χ1) is 18.4. The Hall–Kier alpha value is -4.98. The van der Waals surface area contributed by atoms with Crippen LogP contribution < -0.4 is 5.32 Å². The lowest BCUT2D eigenvalue weighted by molar-refractivity contribution is -0.114. The molecule has 0 spiro atoms. The van der Waals surface area contributed by atoms with E-state index in [2.05, 4.69) is 27.9 Å². The number of nitrogens with one attached hydrogen (secondary N) is 1. The smallest absolute Gasteiger partial charge is 0.236 e. The van der Waals surface area contributed by atoms with Crippen molar-refractivity contribution in [3.05, 3.63) is 103 Å². The van der Waals surface area contributed by atoms with Gasteiger partial charge in [0.25, 0.3) is 0 Å². The minimum absolute atomic E-state index is 0.0272. The van der Waals surface area contributed by atoms with E-state index in [1.165, 1.54) is 6.92 Å². The van der Waals surface area contributed by atoms with Gasteiger partial charge >= 0.3 is 0 Å². The number of aromatic nitrogens is 5. The topological polar surface area (TPSA) is 97.9 Å². The predicted octanol–water partition coefficient (Wildman–Crippen LogP) is 5.46.